The van der Waals surface area contributed by atoms with Gasteiger partial charge >= 0.3 is 0 Å². The minimum atomic E-state index is -0.00460. The van der Waals surface area contributed by atoms with E-state index in [0.717, 1.165) is 27.9 Å². The van der Waals surface area contributed by atoms with Gasteiger partial charge in [0.2, 0.25) is 0 Å². The lowest BCUT2D eigenvalue weighted by molar-refractivity contribution is 0.660. The Kier molecular flexibility index (Phi) is 5.18. The fourth-order valence-electron chi connectivity index (χ4n) is 8.77. The standard InChI is InChI=1S/C46H31N3/c1-46(2)38-18-7-5-15-32(38)35-25-29(22-23-39(35)46)28-12-11-13-30(24-28)48-41-20-9-6-16-33(41)37-26-36-31-14-3-4-17-34(31)45-47-40-19-8-10-21-42(40)49(45)44(36)27-43(37)48/h3-27H,1-2H3. The lowest BCUT2D eigenvalue weighted by Crippen LogP contribution is -2.14. The summed E-state index contributed by atoms with van der Waals surface area (Å²) in [6.07, 6.45) is 0. The molecule has 0 radical (unpaired) electrons. The van der Waals surface area contributed by atoms with Crippen LogP contribution in [-0.4, -0.2) is 14.0 Å². The Morgan fingerprint density at radius 2 is 1.14 bits per heavy atom. The average molecular weight is 626 g/mol. The summed E-state index contributed by atoms with van der Waals surface area (Å²) in [6, 6.07) is 55.7. The maximum absolute atomic E-state index is 5.15. The SMILES string of the molecule is CC1(C)c2ccccc2-c2cc(-c3cccc(-n4c5ccccc5c5cc6c7ccccc7c7nc8ccccc8n7c6cc54)c3)ccc21. The molecule has 0 amide bonds. The van der Waals surface area contributed by atoms with Crippen molar-refractivity contribution in [2.75, 3.05) is 0 Å². The fourth-order valence-corrected chi connectivity index (χ4v) is 8.77. The van der Waals surface area contributed by atoms with Crippen LogP contribution in [0, 0.1) is 0 Å². The maximum atomic E-state index is 5.15. The van der Waals surface area contributed by atoms with Gasteiger partial charge in [-0.15, -0.1) is 0 Å². The summed E-state index contributed by atoms with van der Waals surface area (Å²) in [5.74, 6) is 0. The zero-order chi connectivity index (χ0) is 32.4. The number of hydrogen-bond acceptors (Lipinski definition) is 1. The van der Waals surface area contributed by atoms with E-state index in [2.05, 4.69) is 174 Å². The summed E-state index contributed by atoms with van der Waals surface area (Å²) in [7, 11) is 0. The number of benzene rings is 7. The third-order valence-electron chi connectivity index (χ3n) is 11.1. The van der Waals surface area contributed by atoms with E-state index in [1.54, 1.807) is 0 Å². The Morgan fingerprint density at radius 3 is 2.04 bits per heavy atom. The van der Waals surface area contributed by atoms with E-state index in [0.29, 0.717) is 0 Å². The van der Waals surface area contributed by atoms with Crippen LogP contribution in [0.5, 0.6) is 0 Å². The third-order valence-corrected chi connectivity index (χ3v) is 11.1. The van der Waals surface area contributed by atoms with E-state index < -0.39 is 0 Å². The molecule has 10 aromatic rings. The fraction of sp³-hybridized carbons (Fsp3) is 0.0652. The molecule has 11 rings (SSSR count). The summed E-state index contributed by atoms with van der Waals surface area (Å²) >= 11 is 0. The first kappa shape index (κ1) is 26.8. The molecule has 230 valence electrons. The first-order valence-corrected chi connectivity index (χ1v) is 17.1. The molecule has 3 nitrogen and oxygen atoms in total. The number of aromatic nitrogens is 3. The van der Waals surface area contributed by atoms with Crippen LogP contribution < -0.4 is 0 Å². The van der Waals surface area contributed by atoms with E-state index in [1.165, 1.54) is 71.3 Å². The van der Waals surface area contributed by atoms with Crippen LogP contribution in [0.1, 0.15) is 25.0 Å². The second kappa shape index (κ2) is 9.46. The minimum absolute atomic E-state index is 0.00460. The summed E-state index contributed by atoms with van der Waals surface area (Å²) < 4.78 is 4.80. The van der Waals surface area contributed by atoms with Gasteiger partial charge in [-0.1, -0.05) is 117 Å². The highest BCUT2D eigenvalue weighted by Gasteiger charge is 2.35. The molecule has 1 aliphatic rings. The Morgan fingerprint density at radius 1 is 0.449 bits per heavy atom. The number of imidazole rings is 1. The topological polar surface area (TPSA) is 22.2 Å². The van der Waals surface area contributed by atoms with Crippen molar-refractivity contribution in [2.45, 2.75) is 19.3 Å². The lowest BCUT2D eigenvalue weighted by Gasteiger charge is -2.21. The molecule has 0 fully saturated rings. The van der Waals surface area contributed by atoms with Crippen molar-refractivity contribution in [1.82, 2.24) is 14.0 Å². The molecule has 0 unspecified atom stereocenters. The highest BCUT2D eigenvalue weighted by molar-refractivity contribution is 6.20. The van der Waals surface area contributed by atoms with Crippen LogP contribution in [0.4, 0.5) is 0 Å². The van der Waals surface area contributed by atoms with Crippen molar-refractivity contribution in [3.63, 3.8) is 0 Å². The predicted octanol–water partition coefficient (Wildman–Crippen LogP) is 11.9. The van der Waals surface area contributed by atoms with Crippen LogP contribution in [0.2, 0.25) is 0 Å². The molecule has 1 aliphatic carbocycles. The van der Waals surface area contributed by atoms with Crippen LogP contribution in [0.3, 0.4) is 0 Å². The number of nitrogens with zero attached hydrogens (tertiary/aromatic N) is 3. The molecule has 7 aromatic carbocycles. The molecule has 3 heterocycles. The maximum Gasteiger partial charge on any atom is 0.146 e. The highest BCUT2D eigenvalue weighted by atomic mass is 15.0. The number of para-hydroxylation sites is 3. The molecular weight excluding hydrogens is 595 g/mol. The van der Waals surface area contributed by atoms with E-state index in [-0.39, 0.29) is 5.41 Å². The third kappa shape index (κ3) is 3.54. The van der Waals surface area contributed by atoms with Gasteiger partial charge in [0.15, 0.2) is 0 Å². The van der Waals surface area contributed by atoms with E-state index in [4.69, 9.17) is 4.98 Å². The van der Waals surface area contributed by atoms with E-state index >= 15 is 0 Å². The van der Waals surface area contributed by atoms with Crippen LogP contribution in [0.25, 0.3) is 88.1 Å². The molecule has 0 aliphatic heterocycles. The zero-order valence-electron chi connectivity index (χ0n) is 27.3. The van der Waals surface area contributed by atoms with Gasteiger partial charge in [0.1, 0.15) is 5.65 Å². The molecule has 0 atom stereocenters. The molecule has 0 N–H and O–H groups in total. The van der Waals surface area contributed by atoms with Crippen molar-refractivity contribution in [2.24, 2.45) is 0 Å². The molecule has 3 heteroatoms. The van der Waals surface area contributed by atoms with Gasteiger partial charge in [0, 0.05) is 32.6 Å². The van der Waals surface area contributed by atoms with Crippen LogP contribution >= 0.6 is 0 Å². The number of hydrogen-bond donors (Lipinski definition) is 0. The second-order valence-electron chi connectivity index (χ2n) is 14.0. The number of pyridine rings is 1. The van der Waals surface area contributed by atoms with Crippen molar-refractivity contribution in [3.8, 4) is 27.9 Å². The Bertz CT molecular complexity index is 3030. The van der Waals surface area contributed by atoms with Gasteiger partial charge in [-0.05, 0) is 87.3 Å². The summed E-state index contributed by atoms with van der Waals surface area (Å²) in [4.78, 5) is 5.15. The summed E-state index contributed by atoms with van der Waals surface area (Å²) in [5, 5.41) is 6.13. The Hall–Kier alpha value is -6.19. The van der Waals surface area contributed by atoms with Gasteiger partial charge in [0.05, 0.1) is 27.6 Å². The zero-order valence-corrected chi connectivity index (χ0v) is 27.3. The molecule has 0 saturated heterocycles. The average Bonchev–Trinajstić information content (AvgIpc) is 3.77. The number of rotatable bonds is 2. The molecular formula is C46H31N3. The first-order valence-electron chi connectivity index (χ1n) is 17.1. The van der Waals surface area contributed by atoms with Crippen LogP contribution in [0.15, 0.2) is 152 Å². The van der Waals surface area contributed by atoms with E-state index in [9.17, 15) is 0 Å². The molecule has 0 spiro atoms. The monoisotopic (exact) mass is 625 g/mol. The molecule has 49 heavy (non-hydrogen) atoms. The van der Waals surface area contributed by atoms with Crippen molar-refractivity contribution >= 4 is 60.2 Å². The predicted molar refractivity (Wildman–Crippen MR) is 205 cm³/mol. The Balaban J connectivity index is 1.19. The van der Waals surface area contributed by atoms with Crippen molar-refractivity contribution in [1.29, 1.82) is 0 Å². The normalized spacial score (nSPS) is 13.7. The van der Waals surface area contributed by atoms with Gasteiger partial charge < -0.3 is 4.57 Å². The number of fused-ring (bicyclic) bond motifs is 14. The summed E-state index contributed by atoms with van der Waals surface area (Å²) in [5.41, 5.74) is 15.8. The molecule has 0 bridgehead atoms. The smallest absolute Gasteiger partial charge is 0.146 e. The molecule has 3 aromatic heterocycles. The highest BCUT2D eigenvalue weighted by Crippen LogP contribution is 2.49. The quantitative estimate of drug-likeness (QED) is 0.175. The largest absolute Gasteiger partial charge is 0.309 e. The van der Waals surface area contributed by atoms with Gasteiger partial charge in [-0.3, -0.25) is 4.40 Å². The lowest BCUT2D eigenvalue weighted by atomic mass is 9.82. The van der Waals surface area contributed by atoms with Crippen LogP contribution in [-0.2, 0) is 5.41 Å². The Labute approximate surface area is 283 Å². The van der Waals surface area contributed by atoms with Gasteiger partial charge in [-0.2, -0.15) is 0 Å². The van der Waals surface area contributed by atoms with Crippen molar-refractivity contribution in [3.05, 3.63) is 163 Å². The van der Waals surface area contributed by atoms with Crippen molar-refractivity contribution < 1.29 is 0 Å². The summed E-state index contributed by atoms with van der Waals surface area (Å²) in [6.45, 7) is 4.68. The first-order chi connectivity index (χ1) is 24.1. The molecule has 0 saturated carbocycles. The van der Waals surface area contributed by atoms with Gasteiger partial charge in [0.25, 0.3) is 0 Å². The second-order valence-corrected chi connectivity index (χ2v) is 14.0. The van der Waals surface area contributed by atoms with Gasteiger partial charge in [-0.25, -0.2) is 4.98 Å². The minimum Gasteiger partial charge on any atom is -0.309 e. The van der Waals surface area contributed by atoms with E-state index in [1.807, 2.05) is 0 Å².